The Hall–Kier alpha value is -3.01. The van der Waals surface area contributed by atoms with Crippen molar-refractivity contribution in [3.63, 3.8) is 0 Å². The van der Waals surface area contributed by atoms with Crippen molar-refractivity contribution < 1.29 is 24.7 Å². The normalized spacial score (nSPS) is 14.4. The molecule has 0 aliphatic carbocycles. The van der Waals surface area contributed by atoms with Crippen LogP contribution < -0.4 is 5.32 Å². The SMILES string of the molecule is O=C(O)C(=O)O.O=[N+]([O-])c1cc(CNC2CCN(Cc3ccccc3)CC2)ccc1Cl. The molecule has 3 N–H and O–H groups in total. The maximum absolute atomic E-state index is 11.0. The summed E-state index contributed by atoms with van der Waals surface area (Å²) in [6.45, 7) is 3.75. The number of carboxylic acid groups (broad SMARTS) is 2. The number of carbonyl (C=O) groups is 2. The molecule has 2 aromatic rings. The van der Waals surface area contributed by atoms with Crippen LogP contribution in [-0.4, -0.2) is 51.1 Å². The fourth-order valence-corrected chi connectivity index (χ4v) is 3.39. The van der Waals surface area contributed by atoms with Crippen molar-refractivity contribution in [1.29, 1.82) is 0 Å². The number of rotatable bonds is 6. The molecule has 2 aromatic carbocycles. The Labute approximate surface area is 184 Å². The monoisotopic (exact) mass is 449 g/mol. The molecule has 31 heavy (non-hydrogen) atoms. The molecule has 0 saturated carbocycles. The second-order valence-electron chi connectivity index (χ2n) is 7.07. The lowest BCUT2D eigenvalue weighted by atomic mass is 10.0. The molecule has 0 amide bonds. The van der Waals surface area contributed by atoms with Crippen molar-refractivity contribution >= 4 is 29.2 Å². The number of hydrogen-bond acceptors (Lipinski definition) is 6. The second-order valence-corrected chi connectivity index (χ2v) is 7.48. The maximum Gasteiger partial charge on any atom is 0.414 e. The summed E-state index contributed by atoms with van der Waals surface area (Å²) in [6.07, 6.45) is 2.17. The van der Waals surface area contributed by atoms with Crippen LogP contribution in [0.25, 0.3) is 0 Å². The fourth-order valence-electron chi connectivity index (χ4n) is 3.21. The van der Waals surface area contributed by atoms with E-state index in [9.17, 15) is 10.1 Å². The lowest BCUT2D eigenvalue weighted by molar-refractivity contribution is -0.384. The maximum atomic E-state index is 11.0. The second kappa shape index (κ2) is 12.0. The van der Waals surface area contributed by atoms with Gasteiger partial charge in [0.1, 0.15) is 5.02 Å². The molecule has 0 spiro atoms. The molecule has 1 fully saturated rings. The summed E-state index contributed by atoms with van der Waals surface area (Å²) < 4.78 is 0. The van der Waals surface area contributed by atoms with Crippen molar-refractivity contribution in [2.75, 3.05) is 13.1 Å². The quantitative estimate of drug-likeness (QED) is 0.348. The van der Waals surface area contributed by atoms with Crippen LogP contribution in [0.4, 0.5) is 5.69 Å². The molecule has 0 radical (unpaired) electrons. The molecule has 166 valence electrons. The molecule has 10 heteroatoms. The minimum atomic E-state index is -1.82. The first-order chi connectivity index (χ1) is 14.8. The average molecular weight is 450 g/mol. The summed E-state index contributed by atoms with van der Waals surface area (Å²) in [5.41, 5.74) is 2.21. The van der Waals surface area contributed by atoms with Crippen LogP contribution in [-0.2, 0) is 22.7 Å². The minimum absolute atomic E-state index is 0.0290. The van der Waals surface area contributed by atoms with Crippen LogP contribution in [0.1, 0.15) is 24.0 Å². The van der Waals surface area contributed by atoms with Gasteiger partial charge in [-0.15, -0.1) is 0 Å². The van der Waals surface area contributed by atoms with Crippen LogP contribution in [0.5, 0.6) is 0 Å². The Balaban J connectivity index is 0.000000501. The molecule has 0 unspecified atom stereocenters. The van der Waals surface area contributed by atoms with Gasteiger partial charge in [-0.3, -0.25) is 15.0 Å². The first-order valence-corrected chi connectivity index (χ1v) is 10.0. The first-order valence-electron chi connectivity index (χ1n) is 9.65. The highest BCUT2D eigenvalue weighted by molar-refractivity contribution is 6.32. The van der Waals surface area contributed by atoms with Gasteiger partial charge in [0.2, 0.25) is 0 Å². The number of likely N-dealkylation sites (tertiary alicyclic amines) is 1. The van der Waals surface area contributed by atoms with Gasteiger partial charge in [-0.25, -0.2) is 9.59 Å². The molecule has 0 atom stereocenters. The van der Waals surface area contributed by atoms with Gasteiger partial charge < -0.3 is 15.5 Å². The summed E-state index contributed by atoms with van der Waals surface area (Å²) in [5, 5.41) is 29.4. The number of nitrogens with one attached hydrogen (secondary N) is 1. The third-order valence-electron chi connectivity index (χ3n) is 4.82. The molecule has 1 heterocycles. The first kappa shape index (κ1) is 24.3. The Kier molecular flexibility index (Phi) is 9.39. The lowest BCUT2D eigenvalue weighted by Gasteiger charge is -2.32. The van der Waals surface area contributed by atoms with Gasteiger partial charge >= 0.3 is 11.9 Å². The van der Waals surface area contributed by atoms with E-state index in [1.165, 1.54) is 5.56 Å². The van der Waals surface area contributed by atoms with E-state index in [1.807, 2.05) is 12.1 Å². The van der Waals surface area contributed by atoms with Crippen molar-refractivity contribution in [3.05, 3.63) is 74.8 Å². The van der Waals surface area contributed by atoms with Gasteiger partial charge in [0.15, 0.2) is 0 Å². The zero-order valence-electron chi connectivity index (χ0n) is 16.7. The molecule has 1 aliphatic heterocycles. The van der Waals surface area contributed by atoms with Crippen LogP contribution in [0, 0.1) is 10.1 Å². The molecule has 0 bridgehead atoms. The van der Waals surface area contributed by atoms with E-state index in [0.717, 1.165) is 38.0 Å². The third-order valence-corrected chi connectivity index (χ3v) is 5.14. The smallest absolute Gasteiger partial charge is 0.414 e. The van der Waals surface area contributed by atoms with Gasteiger partial charge in [-0.2, -0.15) is 0 Å². The zero-order chi connectivity index (χ0) is 22.8. The molecule has 3 rings (SSSR count). The lowest BCUT2D eigenvalue weighted by Crippen LogP contribution is -2.41. The van der Waals surface area contributed by atoms with Crippen molar-refractivity contribution in [3.8, 4) is 0 Å². The van der Waals surface area contributed by atoms with Crippen molar-refractivity contribution in [2.45, 2.75) is 32.0 Å². The molecule has 1 aliphatic rings. The van der Waals surface area contributed by atoms with E-state index in [-0.39, 0.29) is 10.7 Å². The van der Waals surface area contributed by atoms with Crippen molar-refractivity contribution in [1.82, 2.24) is 10.2 Å². The average Bonchev–Trinajstić information content (AvgIpc) is 2.75. The van der Waals surface area contributed by atoms with E-state index >= 15 is 0 Å². The highest BCUT2D eigenvalue weighted by Gasteiger charge is 2.19. The van der Waals surface area contributed by atoms with Crippen LogP contribution in [0.2, 0.25) is 5.02 Å². The number of nitro benzene ring substituents is 1. The van der Waals surface area contributed by atoms with E-state index in [2.05, 4.69) is 34.5 Å². The third kappa shape index (κ3) is 8.33. The summed E-state index contributed by atoms with van der Waals surface area (Å²) in [4.78, 5) is 31.2. The topological polar surface area (TPSA) is 133 Å². The summed E-state index contributed by atoms with van der Waals surface area (Å²) >= 11 is 5.86. The summed E-state index contributed by atoms with van der Waals surface area (Å²) in [6, 6.07) is 16.0. The molecule has 1 saturated heterocycles. The van der Waals surface area contributed by atoms with Crippen LogP contribution in [0.15, 0.2) is 48.5 Å². The highest BCUT2D eigenvalue weighted by atomic mass is 35.5. The largest absolute Gasteiger partial charge is 0.473 e. The van der Waals surface area contributed by atoms with Crippen molar-refractivity contribution in [2.24, 2.45) is 0 Å². The predicted octanol–water partition coefficient (Wildman–Crippen LogP) is 3.16. The van der Waals surface area contributed by atoms with Gasteiger partial charge in [-0.05, 0) is 43.1 Å². The van der Waals surface area contributed by atoms with Crippen LogP contribution >= 0.6 is 11.6 Å². The standard InChI is InChI=1S/C19H22ClN3O2.C2H2O4/c20-18-7-6-16(12-19(18)23(24)25)13-21-17-8-10-22(11-9-17)14-15-4-2-1-3-5-15;3-1(4)2(5)6/h1-7,12,17,21H,8-11,13-14H2;(H,3,4)(H,5,6). The van der Waals surface area contributed by atoms with Gasteiger partial charge in [0.25, 0.3) is 5.69 Å². The Morgan fingerprint density at radius 1 is 1.06 bits per heavy atom. The van der Waals surface area contributed by atoms with Gasteiger partial charge in [0, 0.05) is 25.2 Å². The van der Waals surface area contributed by atoms with E-state index in [0.29, 0.717) is 12.6 Å². The van der Waals surface area contributed by atoms with Crippen LogP contribution in [0.3, 0.4) is 0 Å². The minimum Gasteiger partial charge on any atom is -0.473 e. The predicted molar refractivity (Wildman–Crippen MR) is 115 cm³/mol. The molecule has 9 nitrogen and oxygen atoms in total. The number of piperidine rings is 1. The summed E-state index contributed by atoms with van der Waals surface area (Å²) in [7, 11) is 0. The number of aliphatic carboxylic acids is 2. The summed E-state index contributed by atoms with van der Waals surface area (Å²) in [5.74, 6) is -3.65. The number of nitrogens with zero attached hydrogens (tertiary/aromatic N) is 2. The van der Waals surface area contributed by atoms with E-state index in [4.69, 9.17) is 31.4 Å². The highest BCUT2D eigenvalue weighted by Crippen LogP contribution is 2.25. The number of nitro groups is 1. The molecular formula is C21H24ClN3O6. The van der Waals surface area contributed by atoms with Gasteiger partial charge in [0.05, 0.1) is 4.92 Å². The number of hydrogen-bond donors (Lipinski definition) is 3. The zero-order valence-corrected chi connectivity index (χ0v) is 17.5. The van der Waals surface area contributed by atoms with Gasteiger partial charge in [-0.1, -0.05) is 48.0 Å². The fraction of sp³-hybridized carbons (Fsp3) is 0.333. The van der Waals surface area contributed by atoms with E-state index < -0.39 is 16.9 Å². The number of benzene rings is 2. The molecule has 0 aromatic heterocycles. The Bertz CT molecular complexity index is 889. The number of halogens is 1. The molecular weight excluding hydrogens is 426 g/mol. The number of carboxylic acids is 2. The Morgan fingerprint density at radius 3 is 2.23 bits per heavy atom. The van der Waals surface area contributed by atoms with E-state index in [1.54, 1.807) is 12.1 Å². The Morgan fingerprint density at radius 2 is 1.68 bits per heavy atom.